The van der Waals surface area contributed by atoms with E-state index in [1.54, 1.807) is 0 Å². The smallest absolute Gasteiger partial charge is 0.547 e. The molecule has 0 saturated carbocycles. The molecular formula is C24H44O28Sn-2. The van der Waals surface area contributed by atoms with Gasteiger partial charge in [0.25, 0.3) is 0 Å². The van der Waals surface area contributed by atoms with Gasteiger partial charge in [-0.3, -0.25) is 0 Å². The minimum Gasteiger partial charge on any atom is -0.547 e. The molecule has 20 N–H and O–H groups in total. The van der Waals surface area contributed by atoms with Crippen molar-refractivity contribution in [3.8, 4) is 0 Å². The van der Waals surface area contributed by atoms with Crippen molar-refractivity contribution in [3.63, 3.8) is 0 Å². The second-order valence-corrected chi connectivity index (χ2v) is 9.98. The van der Waals surface area contributed by atoms with Crippen LogP contribution in [0.3, 0.4) is 0 Å². The van der Waals surface area contributed by atoms with E-state index in [9.17, 15) is 39.6 Å². The zero-order valence-electron chi connectivity index (χ0n) is 26.8. The Hall–Kier alpha value is -2.12. The van der Waals surface area contributed by atoms with Crippen LogP contribution < -0.4 is 20.4 Å². The van der Waals surface area contributed by atoms with E-state index in [1.807, 2.05) is 0 Å². The van der Waals surface area contributed by atoms with Crippen molar-refractivity contribution in [1.29, 1.82) is 0 Å². The molecule has 0 spiro atoms. The Morgan fingerprint density at radius 1 is 0.302 bits per heavy atom. The summed E-state index contributed by atoms with van der Waals surface area (Å²) in [7, 11) is 0. The molecule has 29 heteroatoms. The van der Waals surface area contributed by atoms with Gasteiger partial charge in [-0.15, -0.1) is 0 Å². The summed E-state index contributed by atoms with van der Waals surface area (Å²) < 4.78 is 0. The first-order chi connectivity index (χ1) is 23.7. The number of carbonyl (C=O) groups is 4. The maximum absolute atomic E-state index is 9.98. The Kier molecular flexibility index (Phi) is 35.3. The van der Waals surface area contributed by atoms with Gasteiger partial charge in [0.2, 0.25) is 0 Å². The van der Waals surface area contributed by atoms with Crippen molar-refractivity contribution in [2.45, 2.75) is 97.7 Å². The topological polar surface area (TPSA) is 565 Å². The second-order valence-electron chi connectivity index (χ2n) is 9.98. The van der Waals surface area contributed by atoms with Crippen molar-refractivity contribution >= 4 is 47.8 Å². The van der Waals surface area contributed by atoms with Gasteiger partial charge in [-0.2, -0.15) is 0 Å². The molecule has 0 amide bonds. The molecule has 0 aromatic rings. The van der Waals surface area contributed by atoms with Crippen LogP contribution in [0.15, 0.2) is 0 Å². The molecule has 0 unspecified atom stereocenters. The van der Waals surface area contributed by atoms with E-state index >= 15 is 0 Å². The van der Waals surface area contributed by atoms with Gasteiger partial charge in [0.05, 0.1) is 50.3 Å². The Labute approximate surface area is 313 Å². The quantitative estimate of drug-likeness (QED) is 0.0504. The Bertz CT molecular complexity index is 841. The number of aliphatic hydroxyl groups is 20. The van der Waals surface area contributed by atoms with Gasteiger partial charge in [0.15, 0.2) is 0 Å². The monoisotopic (exact) mass is 900 g/mol. The zero-order chi connectivity index (χ0) is 42.4. The molecule has 0 aliphatic rings. The molecule has 0 saturated heterocycles. The van der Waals surface area contributed by atoms with Gasteiger partial charge >= 0.3 is 23.9 Å². The van der Waals surface area contributed by atoms with Gasteiger partial charge in [0.1, 0.15) is 97.7 Å². The number of hydrogen-bond donors (Lipinski definition) is 20. The number of rotatable bonds is 20. The molecule has 314 valence electrons. The molecule has 0 bridgehead atoms. The van der Waals surface area contributed by atoms with E-state index in [1.165, 1.54) is 0 Å². The molecule has 0 fully saturated rings. The van der Waals surface area contributed by atoms with Crippen LogP contribution in [0.1, 0.15) is 0 Å². The fourth-order valence-corrected chi connectivity index (χ4v) is 2.65. The fraction of sp³-hybridized carbons (Fsp3) is 0.833. The first-order valence-electron chi connectivity index (χ1n) is 13.8. The Balaban J connectivity index is -0.000000192. The predicted molar refractivity (Wildman–Crippen MR) is 150 cm³/mol. The van der Waals surface area contributed by atoms with Crippen molar-refractivity contribution in [3.05, 3.63) is 0 Å². The minimum absolute atomic E-state index is 0. The summed E-state index contributed by atoms with van der Waals surface area (Å²) in [5, 5.41) is 214. The number of aliphatic carboxylic acids is 4. The Morgan fingerprint density at radius 2 is 0.415 bits per heavy atom. The summed E-state index contributed by atoms with van der Waals surface area (Å²) in [5.41, 5.74) is 0. The molecule has 0 aliphatic heterocycles. The normalized spacial score (nSPS) is 20.0. The van der Waals surface area contributed by atoms with Crippen LogP contribution in [0.4, 0.5) is 0 Å². The number of aliphatic hydroxyl groups excluding tert-OH is 20. The number of carboxylic acid groups (broad SMARTS) is 4. The summed E-state index contributed by atoms with van der Waals surface area (Å²) in [4.78, 5) is 39.9. The van der Waals surface area contributed by atoms with E-state index in [4.69, 9.17) is 102 Å². The summed E-state index contributed by atoms with van der Waals surface area (Å²) in [6, 6.07) is 0. The molecule has 0 heterocycles. The first-order valence-corrected chi connectivity index (χ1v) is 13.8. The largest absolute Gasteiger partial charge is 2.00 e. The van der Waals surface area contributed by atoms with E-state index in [0.29, 0.717) is 0 Å². The van der Waals surface area contributed by atoms with Crippen LogP contribution in [0.5, 0.6) is 0 Å². The summed E-state index contributed by atoms with van der Waals surface area (Å²) in [6.07, 6.45) is -32.3. The molecule has 53 heavy (non-hydrogen) atoms. The van der Waals surface area contributed by atoms with E-state index in [-0.39, 0.29) is 23.9 Å². The molecule has 0 aromatic carbocycles. The van der Waals surface area contributed by atoms with Crippen LogP contribution in [0.2, 0.25) is 0 Å². The van der Waals surface area contributed by atoms with Gasteiger partial charge in [-0.1, -0.05) is 0 Å². The third kappa shape index (κ3) is 23.4. The van der Waals surface area contributed by atoms with E-state index < -0.39 is 148 Å². The van der Waals surface area contributed by atoms with Crippen molar-refractivity contribution < 1.29 is 142 Å². The minimum atomic E-state index is -2.31. The fourth-order valence-electron chi connectivity index (χ4n) is 2.65. The summed E-state index contributed by atoms with van der Waals surface area (Å²) in [5.74, 6) is -7.90. The van der Waals surface area contributed by atoms with Gasteiger partial charge in [-0.25, -0.2) is 0 Å². The molecule has 0 aliphatic carbocycles. The average Bonchev–Trinajstić information content (AvgIpc) is 3.12. The zero-order valence-corrected chi connectivity index (χ0v) is 29.6. The molecule has 0 rings (SSSR count). The van der Waals surface area contributed by atoms with Crippen LogP contribution in [-0.4, -0.2) is 274 Å². The van der Waals surface area contributed by atoms with Crippen LogP contribution >= 0.6 is 0 Å². The van der Waals surface area contributed by atoms with Crippen LogP contribution in [-0.2, 0) is 19.2 Å². The summed E-state index contributed by atoms with van der Waals surface area (Å²) >= 11 is 0. The molecule has 2 radical (unpaired) electrons. The average molecular weight is 899 g/mol. The van der Waals surface area contributed by atoms with Crippen LogP contribution in [0, 0.1) is 0 Å². The molecule has 28 nitrogen and oxygen atoms in total. The second kappa shape index (κ2) is 31.1. The van der Waals surface area contributed by atoms with Crippen molar-refractivity contribution in [1.82, 2.24) is 0 Å². The van der Waals surface area contributed by atoms with Gasteiger partial charge < -0.3 is 142 Å². The number of hydrogen-bond acceptors (Lipinski definition) is 28. The van der Waals surface area contributed by atoms with E-state index in [2.05, 4.69) is 0 Å². The maximum atomic E-state index is 9.98. The maximum Gasteiger partial charge on any atom is 2.00 e. The molecule has 16 atom stereocenters. The summed E-state index contributed by atoms with van der Waals surface area (Å²) in [6.45, 7) is -3.45. The van der Waals surface area contributed by atoms with Crippen molar-refractivity contribution in [2.24, 2.45) is 0 Å². The van der Waals surface area contributed by atoms with Crippen LogP contribution in [0.25, 0.3) is 0 Å². The number of carbonyl (C=O) groups excluding carboxylic acids is 4. The Morgan fingerprint density at radius 3 is 0.491 bits per heavy atom. The standard InChI is InChI=1S/4C6H12O7.Sn/c4*7-1-2(8)3(9)4(10)5(11)6(12)13;/h4*2-5,7-11H,1H2,(H,12,13);/q;;;;+2/p-4/t4*2-,3-,4+,5-;/m1111./s1. The SMILES string of the molecule is O=C([O-])[C@H](O)[C@@H](O)[C@H](O)[C@H](O)CO.O=C([O-])[C@H](O)[C@@H](O)[C@H](O)[C@H](O)CO.O=C([O-])[C@H](O)[C@@H](O)[C@H](O)[C@H](O)CO.O=C([O-])[C@H](O)[C@@H](O)[C@H](O)[C@H](O)CO.[Sn+2]. The van der Waals surface area contributed by atoms with Crippen molar-refractivity contribution in [2.75, 3.05) is 26.4 Å². The third-order valence-corrected chi connectivity index (χ3v) is 5.98. The van der Waals surface area contributed by atoms with E-state index in [0.717, 1.165) is 0 Å². The molecular weight excluding hydrogens is 855 g/mol. The third-order valence-electron chi connectivity index (χ3n) is 5.98. The van der Waals surface area contributed by atoms with Gasteiger partial charge in [-0.05, 0) is 0 Å². The molecule has 0 aromatic heterocycles. The predicted octanol–water partition coefficient (Wildman–Crippen LogP) is -19.7. The van der Waals surface area contributed by atoms with Gasteiger partial charge in [0, 0.05) is 0 Å². The first kappa shape index (κ1) is 60.1. The number of carboxylic acids is 4.